The van der Waals surface area contributed by atoms with E-state index in [0.717, 1.165) is 90.1 Å². The van der Waals surface area contributed by atoms with Gasteiger partial charge in [-0.15, -0.1) is 0 Å². The molecule has 1 atom stereocenters. The fourth-order valence-corrected chi connectivity index (χ4v) is 4.12. The second kappa shape index (κ2) is 12.9. The molecule has 0 bridgehead atoms. The standard InChI is InChI=1S/C24H39N3O4/c1-3-25-23(26-13-5-14-31-22-10-15-29-18-22)27-19-24(11-16-28-17-12-24)20-6-8-21(9-7-20)30-4-2/h6-9,22H,3-5,10-19H2,1-2H3,(H2,25,26,27). The molecule has 0 saturated carbocycles. The van der Waals surface area contributed by atoms with Gasteiger partial charge in [0, 0.05) is 44.9 Å². The zero-order valence-electron chi connectivity index (χ0n) is 19.2. The number of rotatable bonds is 11. The molecule has 0 amide bonds. The number of hydrogen-bond donors (Lipinski definition) is 2. The van der Waals surface area contributed by atoms with Gasteiger partial charge in [-0.2, -0.15) is 0 Å². The lowest BCUT2D eigenvalue weighted by Gasteiger charge is -2.36. The third-order valence-corrected chi connectivity index (χ3v) is 5.97. The highest BCUT2D eigenvalue weighted by Gasteiger charge is 2.34. The Kier molecular flexibility index (Phi) is 9.90. The molecule has 2 aliphatic heterocycles. The lowest BCUT2D eigenvalue weighted by molar-refractivity contribution is 0.0419. The van der Waals surface area contributed by atoms with Crippen LogP contribution in [-0.4, -0.2) is 71.3 Å². The molecule has 0 aromatic heterocycles. The Morgan fingerprint density at radius 2 is 1.90 bits per heavy atom. The zero-order chi connectivity index (χ0) is 21.8. The molecule has 1 aromatic rings. The Hall–Kier alpha value is -1.83. The van der Waals surface area contributed by atoms with E-state index >= 15 is 0 Å². The second-order valence-corrected chi connectivity index (χ2v) is 8.18. The van der Waals surface area contributed by atoms with Crippen LogP contribution in [0.25, 0.3) is 0 Å². The van der Waals surface area contributed by atoms with E-state index in [1.54, 1.807) is 0 Å². The fraction of sp³-hybridized carbons (Fsp3) is 0.708. The average molecular weight is 434 g/mol. The molecule has 2 saturated heterocycles. The van der Waals surface area contributed by atoms with Crippen LogP contribution in [-0.2, 0) is 19.6 Å². The maximum Gasteiger partial charge on any atom is 0.191 e. The van der Waals surface area contributed by atoms with Crippen molar-refractivity contribution in [3.8, 4) is 5.75 Å². The number of guanidine groups is 1. The number of nitrogens with one attached hydrogen (secondary N) is 2. The first-order valence-corrected chi connectivity index (χ1v) is 11.8. The molecule has 2 fully saturated rings. The highest BCUT2D eigenvalue weighted by molar-refractivity contribution is 5.79. The van der Waals surface area contributed by atoms with Gasteiger partial charge in [-0.1, -0.05) is 12.1 Å². The third kappa shape index (κ3) is 7.37. The van der Waals surface area contributed by atoms with Gasteiger partial charge in [0.15, 0.2) is 5.96 Å². The number of hydrogen-bond acceptors (Lipinski definition) is 5. The summed E-state index contributed by atoms with van der Waals surface area (Å²) in [6, 6.07) is 8.52. The topological polar surface area (TPSA) is 73.3 Å². The first-order chi connectivity index (χ1) is 15.3. The molecular weight excluding hydrogens is 394 g/mol. The fourth-order valence-electron chi connectivity index (χ4n) is 4.12. The summed E-state index contributed by atoms with van der Waals surface area (Å²) in [6.07, 6.45) is 4.17. The van der Waals surface area contributed by atoms with Crippen LogP contribution in [0.3, 0.4) is 0 Å². The van der Waals surface area contributed by atoms with Crippen molar-refractivity contribution in [2.24, 2.45) is 4.99 Å². The van der Waals surface area contributed by atoms with E-state index in [9.17, 15) is 0 Å². The highest BCUT2D eigenvalue weighted by Crippen LogP contribution is 2.36. The zero-order valence-corrected chi connectivity index (χ0v) is 19.2. The SMILES string of the molecule is CCNC(=NCC1(c2ccc(OCC)cc2)CCOCC1)NCCCOC1CCOC1. The van der Waals surface area contributed by atoms with Gasteiger partial charge in [-0.3, -0.25) is 4.99 Å². The summed E-state index contributed by atoms with van der Waals surface area (Å²) in [5.74, 6) is 1.78. The maximum atomic E-state index is 5.85. The minimum Gasteiger partial charge on any atom is -0.494 e. The highest BCUT2D eigenvalue weighted by atomic mass is 16.5. The van der Waals surface area contributed by atoms with E-state index < -0.39 is 0 Å². The molecule has 174 valence electrons. The van der Waals surface area contributed by atoms with Crippen LogP contribution in [0.4, 0.5) is 0 Å². The summed E-state index contributed by atoms with van der Waals surface area (Å²) >= 11 is 0. The van der Waals surface area contributed by atoms with Crippen molar-refractivity contribution in [3.05, 3.63) is 29.8 Å². The largest absolute Gasteiger partial charge is 0.494 e. The van der Waals surface area contributed by atoms with Gasteiger partial charge in [0.25, 0.3) is 0 Å². The van der Waals surface area contributed by atoms with Crippen molar-refractivity contribution in [2.45, 2.75) is 51.0 Å². The summed E-state index contributed by atoms with van der Waals surface area (Å²) < 4.78 is 22.5. The van der Waals surface area contributed by atoms with E-state index in [-0.39, 0.29) is 11.5 Å². The van der Waals surface area contributed by atoms with Crippen LogP contribution in [0.2, 0.25) is 0 Å². The van der Waals surface area contributed by atoms with Gasteiger partial charge in [0.05, 0.1) is 25.9 Å². The number of aliphatic imine (C=N–C) groups is 1. The molecule has 2 aliphatic rings. The normalized spacial score (nSPS) is 21.1. The quantitative estimate of drug-likeness (QED) is 0.318. The summed E-state index contributed by atoms with van der Waals surface area (Å²) in [5, 5.41) is 6.83. The van der Waals surface area contributed by atoms with Gasteiger partial charge >= 0.3 is 0 Å². The van der Waals surface area contributed by atoms with Crippen LogP contribution in [0.15, 0.2) is 29.3 Å². The van der Waals surface area contributed by atoms with E-state index in [2.05, 4.69) is 41.8 Å². The predicted octanol–water partition coefficient (Wildman–Crippen LogP) is 2.88. The molecule has 0 spiro atoms. The van der Waals surface area contributed by atoms with Crippen LogP contribution in [0, 0.1) is 0 Å². The molecule has 2 N–H and O–H groups in total. The lowest BCUT2D eigenvalue weighted by Crippen LogP contribution is -2.41. The van der Waals surface area contributed by atoms with Crippen LogP contribution < -0.4 is 15.4 Å². The Morgan fingerprint density at radius 3 is 2.58 bits per heavy atom. The Bertz CT molecular complexity index is 653. The molecule has 7 heteroatoms. The smallest absolute Gasteiger partial charge is 0.191 e. The van der Waals surface area contributed by atoms with Crippen molar-refractivity contribution in [1.29, 1.82) is 0 Å². The molecular formula is C24H39N3O4. The van der Waals surface area contributed by atoms with Crippen molar-refractivity contribution in [1.82, 2.24) is 10.6 Å². The van der Waals surface area contributed by atoms with Crippen LogP contribution in [0.1, 0.15) is 45.1 Å². The van der Waals surface area contributed by atoms with Crippen molar-refractivity contribution < 1.29 is 18.9 Å². The molecule has 2 heterocycles. The molecule has 1 aromatic carbocycles. The van der Waals surface area contributed by atoms with Crippen molar-refractivity contribution in [3.63, 3.8) is 0 Å². The lowest BCUT2D eigenvalue weighted by atomic mass is 9.74. The van der Waals surface area contributed by atoms with Crippen LogP contribution in [0.5, 0.6) is 5.75 Å². The molecule has 0 radical (unpaired) electrons. The summed E-state index contributed by atoms with van der Waals surface area (Å²) in [7, 11) is 0. The monoisotopic (exact) mass is 433 g/mol. The Morgan fingerprint density at radius 1 is 1.10 bits per heavy atom. The van der Waals surface area contributed by atoms with Gasteiger partial charge in [0.1, 0.15) is 5.75 Å². The third-order valence-electron chi connectivity index (χ3n) is 5.97. The average Bonchev–Trinajstić information content (AvgIpc) is 3.32. The van der Waals surface area contributed by atoms with E-state index in [1.807, 2.05) is 6.92 Å². The number of nitrogens with zero attached hydrogens (tertiary/aromatic N) is 1. The second-order valence-electron chi connectivity index (χ2n) is 8.18. The summed E-state index contributed by atoms with van der Waals surface area (Å²) in [6.45, 7) is 11.0. The van der Waals surface area contributed by atoms with Gasteiger partial charge in [-0.25, -0.2) is 0 Å². The molecule has 3 rings (SSSR count). The van der Waals surface area contributed by atoms with Gasteiger partial charge in [0.2, 0.25) is 0 Å². The summed E-state index contributed by atoms with van der Waals surface area (Å²) in [5.41, 5.74) is 1.31. The molecule has 1 unspecified atom stereocenters. The van der Waals surface area contributed by atoms with Crippen molar-refractivity contribution in [2.75, 3.05) is 59.3 Å². The van der Waals surface area contributed by atoms with Gasteiger partial charge < -0.3 is 29.6 Å². The maximum absolute atomic E-state index is 5.85. The number of benzene rings is 1. The molecule has 7 nitrogen and oxygen atoms in total. The first-order valence-electron chi connectivity index (χ1n) is 11.8. The van der Waals surface area contributed by atoms with Crippen molar-refractivity contribution >= 4 is 5.96 Å². The number of ether oxygens (including phenoxy) is 4. The first kappa shape index (κ1) is 23.8. The van der Waals surface area contributed by atoms with Gasteiger partial charge in [-0.05, 0) is 57.2 Å². The summed E-state index contributed by atoms with van der Waals surface area (Å²) in [4.78, 5) is 4.97. The Balaban J connectivity index is 1.56. The minimum atomic E-state index is -0.00305. The molecule has 31 heavy (non-hydrogen) atoms. The molecule has 0 aliphatic carbocycles. The van der Waals surface area contributed by atoms with E-state index in [4.69, 9.17) is 23.9 Å². The predicted molar refractivity (Wildman–Crippen MR) is 123 cm³/mol. The van der Waals surface area contributed by atoms with Crippen LogP contribution >= 0.6 is 0 Å². The van der Waals surface area contributed by atoms with E-state index in [1.165, 1.54) is 5.56 Å². The minimum absolute atomic E-state index is 0.00305. The van der Waals surface area contributed by atoms with E-state index in [0.29, 0.717) is 6.61 Å². The Labute approximate surface area is 186 Å².